The lowest BCUT2D eigenvalue weighted by atomic mass is 9.82. The molecule has 0 unspecified atom stereocenters. The first-order valence-electron chi connectivity index (χ1n) is 10.3. The number of methoxy groups -OCH3 is 2. The van der Waals surface area contributed by atoms with Crippen molar-refractivity contribution in [2.45, 2.75) is 60.4 Å². The first-order chi connectivity index (χ1) is 14.0. The summed E-state index contributed by atoms with van der Waals surface area (Å²) >= 11 is 0. The van der Waals surface area contributed by atoms with Crippen molar-refractivity contribution in [3.05, 3.63) is 35.5 Å². The van der Waals surface area contributed by atoms with E-state index in [-0.39, 0.29) is 11.0 Å². The summed E-state index contributed by atoms with van der Waals surface area (Å²) in [6.07, 6.45) is 0.971. The molecule has 6 nitrogen and oxygen atoms in total. The van der Waals surface area contributed by atoms with Crippen LogP contribution in [-0.2, 0) is 0 Å². The third-order valence-electron chi connectivity index (χ3n) is 4.96. The highest BCUT2D eigenvalue weighted by atomic mass is 16.5. The molecular formula is C24H34N4O2. The van der Waals surface area contributed by atoms with Crippen LogP contribution in [-0.4, -0.2) is 34.4 Å². The van der Waals surface area contributed by atoms with Crippen LogP contribution in [0.15, 0.2) is 24.3 Å². The minimum absolute atomic E-state index is 0.167. The molecule has 0 spiro atoms. The summed E-state index contributed by atoms with van der Waals surface area (Å²) in [5.74, 6) is 2.08. The van der Waals surface area contributed by atoms with E-state index >= 15 is 0 Å². The fourth-order valence-electron chi connectivity index (χ4n) is 4.38. The number of rotatable bonds is 6. The molecule has 6 heteroatoms. The number of hydrogen-bond donors (Lipinski definition) is 1. The highest BCUT2D eigenvalue weighted by Gasteiger charge is 2.29. The van der Waals surface area contributed by atoms with Crippen LogP contribution in [0.1, 0.15) is 52.3 Å². The van der Waals surface area contributed by atoms with Crippen LogP contribution in [0.2, 0.25) is 0 Å². The number of hydrogen-bond acceptors (Lipinski definition) is 5. The van der Waals surface area contributed by atoms with Gasteiger partial charge in [-0.2, -0.15) is 0 Å². The minimum Gasteiger partial charge on any atom is -0.493 e. The molecule has 0 atom stereocenters. The zero-order valence-electron chi connectivity index (χ0n) is 19.7. The standard InChI is InChI=1S/C24H34N4O2/c1-15-13-16(2)25-22-19(15)26-21(17-11-10-12-18(29-8)20(17)30-9)28(22)27-24(6,7)14-23(3,4)5/h10-13,27H,14H2,1-9H3. The topological polar surface area (TPSA) is 61.2 Å². The molecule has 30 heavy (non-hydrogen) atoms. The summed E-state index contributed by atoms with van der Waals surface area (Å²) in [5, 5.41) is 0. The van der Waals surface area contributed by atoms with Gasteiger partial charge in [0.2, 0.25) is 0 Å². The number of aryl methyl sites for hydroxylation is 2. The molecule has 0 saturated heterocycles. The second-order valence-electron chi connectivity index (χ2n) is 9.80. The molecule has 0 amide bonds. The van der Waals surface area contributed by atoms with E-state index in [0.29, 0.717) is 11.5 Å². The molecule has 0 radical (unpaired) electrons. The Labute approximate surface area is 179 Å². The predicted octanol–water partition coefficient (Wildman–Crippen LogP) is 5.49. The van der Waals surface area contributed by atoms with Gasteiger partial charge >= 0.3 is 0 Å². The third kappa shape index (κ3) is 4.37. The Kier molecular flexibility index (Phi) is 5.72. The van der Waals surface area contributed by atoms with Crippen molar-refractivity contribution in [3.63, 3.8) is 0 Å². The van der Waals surface area contributed by atoms with Crippen LogP contribution in [0.5, 0.6) is 11.5 Å². The molecule has 0 aliphatic carbocycles. The smallest absolute Gasteiger partial charge is 0.179 e. The van der Waals surface area contributed by atoms with Crippen molar-refractivity contribution < 1.29 is 9.47 Å². The molecule has 2 heterocycles. The van der Waals surface area contributed by atoms with Crippen LogP contribution in [0, 0.1) is 19.3 Å². The number of benzene rings is 1. The predicted molar refractivity (Wildman–Crippen MR) is 123 cm³/mol. The van der Waals surface area contributed by atoms with Crippen LogP contribution >= 0.6 is 0 Å². The number of imidazole rings is 1. The Morgan fingerprint density at radius 1 is 1.00 bits per heavy atom. The summed E-state index contributed by atoms with van der Waals surface area (Å²) in [7, 11) is 3.29. The van der Waals surface area contributed by atoms with E-state index in [9.17, 15) is 0 Å². The van der Waals surface area contributed by atoms with Gasteiger partial charge in [0.25, 0.3) is 0 Å². The largest absolute Gasteiger partial charge is 0.493 e. The summed E-state index contributed by atoms with van der Waals surface area (Å²) in [6, 6.07) is 7.90. The molecule has 0 aliphatic heterocycles. The van der Waals surface area contributed by atoms with Crippen molar-refractivity contribution in [2.75, 3.05) is 19.6 Å². The number of fused-ring (bicyclic) bond motifs is 1. The molecule has 3 aromatic rings. The van der Waals surface area contributed by atoms with Crippen molar-refractivity contribution >= 4 is 11.2 Å². The molecule has 0 saturated carbocycles. The van der Waals surface area contributed by atoms with E-state index in [1.807, 2.05) is 29.8 Å². The van der Waals surface area contributed by atoms with Gasteiger partial charge in [-0.15, -0.1) is 0 Å². The Balaban J connectivity index is 2.28. The first-order valence-corrected chi connectivity index (χ1v) is 10.3. The first kappa shape index (κ1) is 21.9. The van der Waals surface area contributed by atoms with E-state index in [4.69, 9.17) is 19.4 Å². The second kappa shape index (κ2) is 7.82. The van der Waals surface area contributed by atoms with Gasteiger partial charge in [-0.1, -0.05) is 26.8 Å². The van der Waals surface area contributed by atoms with Gasteiger partial charge < -0.3 is 14.9 Å². The molecule has 1 N–H and O–H groups in total. The quantitative estimate of drug-likeness (QED) is 0.582. The van der Waals surface area contributed by atoms with Gasteiger partial charge in [0.1, 0.15) is 5.52 Å². The summed E-state index contributed by atoms with van der Waals surface area (Å²) in [5.41, 5.74) is 8.27. The number of nitrogens with zero attached hydrogens (tertiary/aromatic N) is 3. The molecule has 0 aliphatic rings. The van der Waals surface area contributed by atoms with Gasteiger partial charge in [0.05, 0.1) is 19.8 Å². The average Bonchev–Trinajstić information content (AvgIpc) is 2.96. The lowest BCUT2D eigenvalue weighted by molar-refractivity contribution is 0.289. The molecule has 1 aromatic carbocycles. The Bertz CT molecular complexity index is 1060. The normalized spacial score (nSPS) is 12.3. The third-order valence-corrected chi connectivity index (χ3v) is 4.96. The van der Waals surface area contributed by atoms with E-state index in [1.165, 1.54) is 0 Å². The molecular weight excluding hydrogens is 376 g/mol. The zero-order valence-corrected chi connectivity index (χ0v) is 19.7. The lowest BCUT2D eigenvalue weighted by Gasteiger charge is -2.34. The fraction of sp³-hybridized carbons (Fsp3) is 0.500. The minimum atomic E-state index is -0.188. The molecule has 2 aromatic heterocycles. The van der Waals surface area contributed by atoms with Crippen molar-refractivity contribution in [3.8, 4) is 22.9 Å². The fourth-order valence-corrected chi connectivity index (χ4v) is 4.38. The summed E-state index contributed by atoms with van der Waals surface area (Å²) < 4.78 is 13.2. The Morgan fingerprint density at radius 2 is 1.70 bits per heavy atom. The maximum Gasteiger partial charge on any atom is 0.179 e. The monoisotopic (exact) mass is 410 g/mol. The zero-order chi connectivity index (χ0) is 22.3. The van der Waals surface area contributed by atoms with Gasteiger partial charge in [0, 0.05) is 11.2 Å². The number of aromatic nitrogens is 3. The lowest BCUT2D eigenvalue weighted by Crippen LogP contribution is -2.41. The Morgan fingerprint density at radius 3 is 2.30 bits per heavy atom. The second-order valence-corrected chi connectivity index (χ2v) is 9.80. The highest BCUT2D eigenvalue weighted by molar-refractivity contribution is 5.83. The number of para-hydroxylation sites is 1. The maximum atomic E-state index is 5.71. The summed E-state index contributed by atoms with van der Waals surface area (Å²) in [4.78, 5) is 9.82. The van der Waals surface area contributed by atoms with Crippen LogP contribution in [0.25, 0.3) is 22.6 Å². The van der Waals surface area contributed by atoms with Gasteiger partial charge in [0.15, 0.2) is 23.0 Å². The number of pyridine rings is 1. The van der Waals surface area contributed by atoms with E-state index < -0.39 is 0 Å². The van der Waals surface area contributed by atoms with Gasteiger partial charge in [-0.3, -0.25) is 0 Å². The van der Waals surface area contributed by atoms with Crippen LogP contribution in [0.4, 0.5) is 0 Å². The average molecular weight is 411 g/mol. The maximum absolute atomic E-state index is 5.71. The number of nitrogens with one attached hydrogen (secondary N) is 1. The Hall–Kier alpha value is -2.76. The van der Waals surface area contributed by atoms with Crippen molar-refractivity contribution in [1.82, 2.24) is 14.6 Å². The molecule has 0 fully saturated rings. The van der Waals surface area contributed by atoms with Crippen molar-refractivity contribution in [1.29, 1.82) is 0 Å². The molecule has 0 bridgehead atoms. The highest BCUT2D eigenvalue weighted by Crippen LogP contribution is 2.39. The van der Waals surface area contributed by atoms with Crippen molar-refractivity contribution in [2.24, 2.45) is 5.41 Å². The summed E-state index contributed by atoms with van der Waals surface area (Å²) in [6.45, 7) is 15.2. The van der Waals surface area contributed by atoms with Crippen LogP contribution < -0.4 is 14.9 Å². The number of ether oxygens (including phenoxy) is 2. The SMILES string of the molecule is COc1cccc(-c2nc3c(C)cc(C)nc3n2NC(C)(C)CC(C)(C)C)c1OC. The van der Waals surface area contributed by atoms with Gasteiger partial charge in [-0.05, 0) is 63.3 Å². The van der Waals surface area contributed by atoms with Crippen LogP contribution in [0.3, 0.4) is 0 Å². The molecule has 3 rings (SSSR count). The van der Waals surface area contributed by atoms with Gasteiger partial charge in [-0.25, -0.2) is 14.6 Å². The van der Waals surface area contributed by atoms with E-state index in [0.717, 1.165) is 40.2 Å². The van der Waals surface area contributed by atoms with E-state index in [2.05, 4.69) is 53.0 Å². The molecule has 162 valence electrons. The van der Waals surface area contributed by atoms with E-state index in [1.54, 1.807) is 14.2 Å².